The van der Waals surface area contributed by atoms with Crippen LogP contribution >= 0.6 is 0 Å². The number of carbonyl (C=O) groups excluding carboxylic acids is 1. The van der Waals surface area contributed by atoms with Crippen molar-refractivity contribution < 1.29 is 9.53 Å². The molecule has 0 aliphatic rings. The topological polar surface area (TPSA) is 26.3 Å². The zero-order valence-electron chi connectivity index (χ0n) is 10.4. The second kappa shape index (κ2) is 6.44. The van der Waals surface area contributed by atoms with Crippen molar-refractivity contribution in [1.29, 1.82) is 0 Å². The first-order valence-corrected chi connectivity index (χ1v) is 5.69. The van der Waals surface area contributed by atoms with Crippen LogP contribution in [0.2, 0.25) is 0 Å². The van der Waals surface area contributed by atoms with E-state index in [4.69, 9.17) is 4.74 Å². The molecule has 2 heteroatoms. The summed E-state index contributed by atoms with van der Waals surface area (Å²) < 4.78 is 4.93. The van der Waals surface area contributed by atoms with E-state index in [1.807, 2.05) is 0 Å². The van der Waals surface area contributed by atoms with Gasteiger partial charge in [0.1, 0.15) is 5.78 Å². The van der Waals surface area contributed by atoms with Crippen LogP contribution in [0.5, 0.6) is 0 Å². The molecule has 0 saturated carbocycles. The van der Waals surface area contributed by atoms with Crippen molar-refractivity contribution in [3.63, 3.8) is 0 Å². The van der Waals surface area contributed by atoms with E-state index in [1.165, 1.54) is 11.1 Å². The van der Waals surface area contributed by atoms with E-state index in [0.717, 1.165) is 12.0 Å². The summed E-state index contributed by atoms with van der Waals surface area (Å²) in [5.74, 6) is 0.294. The highest BCUT2D eigenvalue weighted by Gasteiger charge is 2.04. The smallest absolute Gasteiger partial charge is 0.137 e. The molecule has 88 valence electrons. The van der Waals surface area contributed by atoms with Gasteiger partial charge in [0, 0.05) is 26.6 Å². The zero-order chi connectivity index (χ0) is 12.0. The monoisotopic (exact) mass is 220 g/mol. The van der Waals surface area contributed by atoms with Gasteiger partial charge in [-0.05, 0) is 25.8 Å². The van der Waals surface area contributed by atoms with E-state index >= 15 is 0 Å². The molecule has 0 amide bonds. The fraction of sp³-hybridized carbons (Fsp3) is 0.500. The number of ketones is 1. The Hall–Kier alpha value is -1.15. The standard InChI is InChI=1S/C14H20O2/c1-11-7-12(2)9-13(8-11)10-14(15)5-4-6-16-3/h7-9H,4-6,10H2,1-3H3. The Balaban J connectivity index is 2.49. The number of rotatable bonds is 6. The van der Waals surface area contributed by atoms with Crippen LogP contribution in [0.15, 0.2) is 18.2 Å². The Kier molecular flexibility index (Phi) is 5.20. The van der Waals surface area contributed by atoms with Gasteiger partial charge in [-0.15, -0.1) is 0 Å². The molecule has 0 aromatic heterocycles. The third-order valence-corrected chi connectivity index (χ3v) is 2.49. The summed E-state index contributed by atoms with van der Waals surface area (Å²) in [6, 6.07) is 6.29. The van der Waals surface area contributed by atoms with Gasteiger partial charge in [0.05, 0.1) is 0 Å². The average Bonchev–Trinajstić information content (AvgIpc) is 2.16. The average molecular weight is 220 g/mol. The number of hydrogen-bond donors (Lipinski definition) is 0. The first kappa shape index (κ1) is 12.9. The molecular formula is C14H20O2. The van der Waals surface area contributed by atoms with Crippen LogP contribution < -0.4 is 0 Å². The quantitative estimate of drug-likeness (QED) is 0.689. The third-order valence-electron chi connectivity index (χ3n) is 2.49. The Labute approximate surface area is 97.6 Å². The highest BCUT2D eigenvalue weighted by atomic mass is 16.5. The zero-order valence-corrected chi connectivity index (χ0v) is 10.4. The Morgan fingerprint density at radius 2 is 1.81 bits per heavy atom. The maximum atomic E-state index is 11.7. The minimum absolute atomic E-state index is 0.294. The van der Waals surface area contributed by atoms with Crippen LogP contribution in [0, 0.1) is 13.8 Å². The summed E-state index contributed by atoms with van der Waals surface area (Å²) in [6.07, 6.45) is 1.98. The highest BCUT2D eigenvalue weighted by Crippen LogP contribution is 2.10. The molecule has 0 N–H and O–H groups in total. The van der Waals surface area contributed by atoms with E-state index in [2.05, 4.69) is 32.0 Å². The lowest BCUT2D eigenvalue weighted by Crippen LogP contribution is -2.04. The predicted octanol–water partition coefficient (Wildman–Crippen LogP) is 2.84. The first-order valence-electron chi connectivity index (χ1n) is 5.69. The van der Waals surface area contributed by atoms with Crippen LogP contribution in [0.25, 0.3) is 0 Å². The number of benzene rings is 1. The fourth-order valence-electron chi connectivity index (χ4n) is 1.90. The molecule has 0 bridgehead atoms. The van der Waals surface area contributed by atoms with Crippen molar-refractivity contribution >= 4 is 5.78 Å². The Bertz CT molecular complexity index is 336. The molecule has 0 fully saturated rings. The maximum Gasteiger partial charge on any atom is 0.137 e. The van der Waals surface area contributed by atoms with Gasteiger partial charge in [-0.25, -0.2) is 0 Å². The van der Waals surface area contributed by atoms with E-state index in [0.29, 0.717) is 25.2 Å². The van der Waals surface area contributed by atoms with Gasteiger partial charge < -0.3 is 4.74 Å². The lowest BCUT2D eigenvalue weighted by molar-refractivity contribution is -0.118. The molecule has 0 radical (unpaired) electrons. The predicted molar refractivity (Wildman–Crippen MR) is 65.7 cm³/mol. The van der Waals surface area contributed by atoms with E-state index in [1.54, 1.807) is 7.11 Å². The Morgan fingerprint density at radius 1 is 1.19 bits per heavy atom. The van der Waals surface area contributed by atoms with Crippen molar-refractivity contribution in [2.45, 2.75) is 33.1 Å². The molecule has 0 aliphatic carbocycles. The number of ether oxygens (including phenoxy) is 1. The molecule has 16 heavy (non-hydrogen) atoms. The van der Waals surface area contributed by atoms with Gasteiger partial charge >= 0.3 is 0 Å². The molecule has 2 nitrogen and oxygen atoms in total. The molecule has 0 heterocycles. The molecule has 1 aromatic carbocycles. The fourth-order valence-corrected chi connectivity index (χ4v) is 1.90. The van der Waals surface area contributed by atoms with Gasteiger partial charge in [-0.1, -0.05) is 29.3 Å². The molecule has 0 saturated heterocycles. The van der Waals surface area contributed by atoms with Crippen LogP contribution in [-0.4, -0.2) is 19.5 Å². The van der Waals surface area contributed by atoms with Gasteiger partial charge in [-0.3, -0.25) is 4.79 Å². The largest absolute Gasteiger partial charge is 0.385 e. The van der Waals surface area contributed by atoms with Gasteiger partial charge in [0.25, 0.3) is 0 Å². The highest BCUT2D eigenvalue weighted by molar-refractivity contribution is 5.80. The number of hydrogen-bond acceptors (Lipinski definition) is 2. The van der Waals surface area contributed by atoms with E-state index in [-0.39, 0.29) is 0 Å². The van der Waals surface area contributed by atoms with Crippen LogP contribution in [0.1, 0.15) is 29.5 Å². The Morgan fingerprint density at radius 3 is 2.38 bits per heavy atom. The van der Waals surface area contributed by atoms with Crippen LogP contribution in [0.4, 0.5) is 0 Å². The maximum absolute atomic E-state index is 11.7. The normalized spacial score (nSPS) is 10.4. The van der Waals surface area contributed by atoms with Gasteiger partial charge in [0.15, 0.2) is 0 Å². The van der Waals surface area contributed by atoms with Crippen LogP contribution in [0.3, 0.4) is 0 Å². The van der Waals surface area contributed by atoms with Crippen LogP contribution in [-0.2, 0) is 16.0 Å². The summed E-state index contributed by atoms with van der Waals surface area (Å²) in [6.45, 7) is 4.79. The SMILES string of the molecule is COCCCC(=O)Cc1cc(C)cc(C)c1. The van der Waals surface area contributed by atoms with Gasteiger partial charge in [-0.2, -0.15) is 0 Å². The van der Waals surface area contributed by atoms with Crippen molar-refractivity contribution in [3.05, 3.63) is 34.9 Å². The molecule has 0 spiro atoms. The molecule has 1 rings (SSSR count). The second-order valence-corrected chi connectivity index (χ2v) is 4.31. The number of aryl methyl sites for hydroxylation is 2. The second-order valence-electron chi connectivity index (χ2n) is 4.31. The van der Waals surface area contributed by atoms with E-state index < -0.39 is 0 Å². The number of Topliss-reactive ketones (excluding diaryl/α,β-unsaturated/α-hetero) is 1. The van der Waals surface area contributed by atoms with Crippen molar-refractivity contribution in [3.8, 4) is 0 Å². The lowest BCUT2D eigenvalue weighted by Gasteiger charge is -2.04. The first-order chi connectivity index (χ1) is 7.61. The molecular weight excluding hydrogens is 200 g/mol. The lowest BCUT2D eigenvalue weighted by atomic mass is 10.0. The minimum atomic E-state index is 0.294. The minimum Gasteiger partial charge on any atom is -0.385 e. The molecule has 0 unspecified atom stereocenters. The molecule has 1 aromatic rings. The molecule has 0 atom stereocenters. The summed E-state index contributed by atoms with van der Waals surface area (Å²) in [5, 5.41) is 0. The number of carbonyl (C=O) groups is 1. The summed E-state index contributed by atoms with van der Waals surface area (Å²) in [5.41, 5.74) is 3.57. The summed E-state index contributed by atoms with van der Waals surface area (Å²) >= 11 is 0. The van der Waals surface area contributed by atoms with Gasteiger partial charge in [0.2, 0.25) is 0 Å². The summed E-state index contributed by atoms with van der Waals surface area (Å²) in [4.78, 5) is 11.7. The van der Waals surface area contributed by atoms with Crippen molar-refractivity contribution in [1.82, 2.24) is 0 Å². The molecule has 0 aliphatic heterocycles. The van der Waals surface area contributed by atoms with Crippen molar-refractivity contribution in [2.75, 3.05) is 13.7 Å². The van der Waals surface area contributed by atoms with E-state index in [9.17, 15) is 4.79 Å². The number of methoxy groups -OCH3 is 1. The third kappa shape index (κ3) is 4.58. The van der Waals surface area contributed by atoms with Crippen molar-refractivity contribution in [2.24, 2.45) is 0 Å². The summed E-state index contributed by atoms with van der Waals surface area (Å²) in [7, 11) is 1.66.